The molecule has 0 bridgehead atoms. The van der Waals surface area contributed by atoms with Gasteiger partial charge in [-0.05, 0) is 43.0 Å². The molecule has 5 heteroatoms. The largest absolute Gasteiger partial charge is 0.350 e. The number of rotatable bonds is 3. The number of nitrogens with one attached hydrogen (secondary N) is 1. The van der Waals surface area contributed by atoms with E-state index in [1.54, 1.807) is 7.05 Å². The van der Waals surface area contributed by atoms with Gasteiger partial charge in [0.25, 0.3) is 11.5 Å². The predicted octanol–water partition coefficient (Wildman–Crippen LogP) is 1.94. The Hall–Kier alpha value is -2.17. The van der Waals surface area contributed by atoms with Crippen molar-refractivity contribution < 1.29 is 4.79 Å². The fraction of sp³-hybridized carbons (Fsp3) is 0.438. The summed E-state index contributed by atoms with van der Waals surface area (Å²) in [5.41, 5.74) is 3.16. The van der Waals surface area contributed by atoms with E-state index >= 15 is 0 Å². The first-order valence-electron chi connectivity index (χ1n) is 7.07. The van der Waals surface area contributed by atoms with Gasteiger partial charge in [-0.25, -0.2) is 4.98 Å². The molecule has 5 nitrogen and oxygen atoms in total. The van der Waals surface area contributed by atoms with Crippen molar-refractivity contribution in [3.05, 3.63) is 39.3 Å². The summed E-state index contributed by atoms with van der Waals surface area (Å²) < 4.78 is 1.49. The fourth-order valence-corrected chi connectivity index (χ4v) is 2.11. The summed E-state index contributed by atoms with van der Waals surface area (Å²) in [6.45, 7) is 8.49. The first kappa shape index (κ1) is 15.2. The van der Waals surface area contributed by atoms with Gasteiger partial charge in [0.1, 0.15) is 0 Å². The summed E-state index contributed by atoms with van der Waals surface area (Å²) in [6.07, 6.45) is 0. The quantitative estimate of drug-likeness (QED) is 0.938. The smallest absolute Gasteiger partial charge is 0.282 e. The van der Waals surface area contributed by atoms with Crippen LogP contribution in [0.2, 0.25) is 0 Å². The first-order valence-corrected chi connectivity index (χ1v) is 7.07. The summed E-state index contributed by atoms with van der Waals surface area (Å²) in [6, 6.07) is 3.83. The molecule has 0 radical (unpaired) electrons. The van der Waals surface area contributed by atoms with Crippen molar-refractivity contribution in [1.82, 2.24) is 14.9 Å². The van der Waals surface area contributed by atoms with Crippen molar-refractivity contribution >= 4 is 16.9 Å². The average Bonchev–Trinajstić information content (AvgIpc) is 2.42. The van der Waals surface area contributed by atoms with Crippen molar-refractivity contribution in [3.63, 3.8) is 0 Å². The second-order valence-electron chi connectivity index (χ2n) is 5.85. The summed E-state index contributed by atoms with van der Waals surface area (Å²) >= 11 is 0. The maximum Gasteiger partial charge on any atom is 0.282 e. The molecule has 0 spiro atoms. The minimum absolute atomic E-state index is 0.0473. The summed E-state index contributed by atoms with van der Waals surface area (Å²) in [4.78, 5) is 28.7. The van der Waals surface area contributed by atoms with Gasteiger partial charge in [-0.2, -0.15) is 0 Å². The lowest BCUT2D eigenvalue weighted by Gasteiger charge is -2.11. The number of aryl methyl sites for hydroxylation is 3. The van der Waals surface area contributed by atoms with E-state index < -0.39 is 5.91 Å². The molecule has 0 aliphatic carbocycles. The molecule has 1 aromatic heterocycles. The summed E-state index contributed by atoms with van der Waals surface area (Å²) in [5.74, 6) is -0.0902. The Morgan fingerprint density at radius 3 is 2.52 bits per heavy atom. The molecule has 0 atom stereocenters. The van der Waals surface area contributed by atoms with Gasteiger partial charge in [-0.1, -0.05) is 13.8 Å². The number of hydrogen-bond acceptors (Lipinski definition) is 3. The molecule has 0 saturated carbocycles. The Morgan fingerprint density at radius 2 is 1.90 bits per heavy atom. The van der Waals surface area contributed by atoms with E-state index in [4.69, 9.17) is 0 Å². The number of hydrogen-bond donors (Lipinski definition) is 1. The average molecular weight is 287 g/mol. The SMILES string of the molecule is Cc1cc2nc(C(=O)NCC(C)C)c(=O)n(C)c2cc1C. The molecule has 0 aliphatic rings. The Bertz CT molecular complexity index is 760. The molecular weight excluding hydrogens is 266 g/mol. The van der Waals surface area contributed by atoms with Crippen LogP contribution in [0, 0.1) is 19.8 Å². The van der Waals surface area contributed by atoms with Crippen molar-refractivity contribution in [1.29, 1.82) is 0 Å². The van der Waals surface area contributed by atoms with Crippen LogP contribution >= 0.6 is 0 Å². The highest BCUT2D eigenvalue weighted by atomic mass is 16.2. The lowest BCUT2D eigenvalue weighted by Crippen LogP contribution is -2.35. The highest BCUT2D eigenvalue weighted by Gasteiger charge is 2.16. The third-order valence-corrected chi connectivity index (χ3v) is 3.58. The Kier molecular flexibility index (Phi) is 4.11. The van der Waals surface area contributed by atoms with Gasteiger partial charge in [0.15, 0.2) is 5.69 Å². The number of carbonyl (C=O) groups is 1. The zero-order valence-electron chi connectivity index (χ0n) is 13.2. The number of carbonyl (C=O) groups excluding carboxylic acids is 1. The molecular formula is C16H21N3O2. The second kappa shape index (κ2) is 5.68. The van der Waals surface area contributed by atoms with Crippen molar-refractivity contribution in [3.8, 4) is 0 Å². The molecule has 0 unspecified atom stereocenters. The normalized spacial score (nSPS) is 11.1. The van der Waals surface area contributed by atoms with E-state index in [9.17, 15) is 9.59 Å². The molecule has 1 amide bonds. The number of benzene rings is 1. The third kappa shape index (κ3) is 2.96. The Morgan fingerprint density at radius 1 is 1.29 bits per heavy atom. The highest BCUT2D eigenvalue weighted by molar-refractivity contribution is 5.94. The first-order chi connectivity index (χ1) is 9.81. The molecule has 1 heterocycles. The third-order valence-electron chi connectivity index (χ3n) is 3.58. The maximum atomic E-state index is 12.3. The fourth-order valence-electron chi connectivity index (χ4n) is 2.11. The highest BCUT2D eigenvalue weighted by Crippen LogP contribution is 2.16. The van der Waals surface area contributed by atoms with Crippen LogP contribution in [0.25, 0.3) is 11.0 Å². The topological polar surface area (TPSA) is 64.0 Å². The number of amides is 1. The van der Waals surface area contributed by atoms with Gasteiger partial charge in [0.2, 0.25) is 0 Å². The van der Waals surface area contributed by atoms with Crippen LogP contribution in [0.1, 0.15) is 35.5 Å². The minimum Gasteiger partial charge on any atom is -0.350 e. The molecule has 1 aromatic carbocycles. The molecule has 0 fully saturated rings. The predicted molar refractivity (Wildman–Crippen MR) is 83.6 cm³/mol. The standard InChI is InChI=1S/C16H21N3O2/c1-9(2)8-17-15(20)14-16(21)19(5)13-7-11(4)10(3)6-12(13)18-14/h6-7,9H,8H2,1-5H3,(H,17,20). The molecule has 0 saturated heterocycles. The van der Waals surface area contributed by atoms with Crippen molar-refractivity contribution in [2.45, 2.75) is 27.7 Å². The van der Waals surface area contributed by atoms with Gasteiger partial charge in [-0.3, -0.25) is 9.59 Å². The molecule has 0 aliphatic heterocycles. The van der Waals surface area contributed by atoms with Crippen LogP contribution in [0.5, 0.6) is 0 Å². The van der Waals surface area contributed by atoms with Crippen LogP contribution in [-0.4, -0.2) is 22.0 Å². The maximum absolute atomic E-state index is 12.3. The zero-order chi connectivity index (χ0) is 15.7. The van der Waals surface area contributed by atoms with Crippen LogP contribution < -0.4 is 10.9 Å². The minimum atomic E-state index is -0.413. The number of fused-ring (bicyclic) bond motifs is 1. The molecule has 1 N–H and O–H groups in total. The van der Waals surface area contributed by atoms with E-state index in [1.807, 2.05) is 39.8 Å². The molecule has 2 aromatic rings. The van der Waals surface area contributed by atoms with E-state index in [1.165, 1.54) is 4.57 Å². The van der Waals surface area contributed by atoms with Crippen LogP contribution in [-0.2, 0) is 7.05 Å². The molecule has 2 rings (SSSR count). The second-order valence-corrected chi connectivity index (χ2v) is 5.85. The van der Waals surface area contributed by atoms with E-state index in [0.717, 1.165) is 16.6 Å². The lowest BCUT2D eigenvalue weighted by atomic mass is 10.1. The number of nitrogens with zero attached hydrogens (tertiary/aromatic N) is 2. The van der Waals surface area contributed by atoms with Crippen molar-refractivity contribution in [2.24, 2.45) is 13.0 Å². The van der Waals surface area contributed by atoms with Crippen LogP contribution in [0.15, 0.2) is 16.9 Å². The van der Waals surface area contributed by atoms with Gasteiger partial charge >= 0.3 is 0 Å². The van der Waals surface area contributed by atoms with E-state index in [-0.39, 0.29) is 11.3 Å². The van der Waals surface area contributed by atoms with Crippen molar-refractivity contribution in [2.75, 3.05) is 6.54 Å². The molecule has 21 heavy (non-hydrogen) atoms. The van der Waals surface area contributed by atoms with E-state index in [0.29, 0.717) is 18.0 Å². The molecule has 112 valence electrons. The Labute approximate surface area is 124 Å². The summed E-state index contributed by atoms with van der Waals surface area (Å²) in [5, 5.41) is 2.74. The van der Waals surface area contributed by atoms with Gasteiger partial charge in [-0.15, -0.1) is 0 Å². The number of aromatic nitrogens is 2. The Balaban J connectivity index is 2.56. The van der Waals surface area contributed by atoms with E-state index in [2.05, 4.69) is 10.3 Å². The lowest BCUT2D eigenvalue weighted by molar-refractivity contribution is 0.0942. The van der Waals surface area contributed by atoms with Gasteiger partial charge in [0, 0.05) is 13.6 Å². The monoisotopic (exact) mass is 287 g/mol. The zero-order valence-corrected chi connectivity index (χ0v) is 13.2. The van der Waals surface area contributed by atoms with Gasteiger partial charge < -0.3 is 9.88 Å². The van der Waals surface area contributed by atoms with Crippen LogP contribution in [0.3, 0.4) is 0 Å². The van der Waals surface area contributed by atoms with Gasteiger partial charge in [0.05, 0.1) is 11.0 Å². The summed E-state index contributed by atoms with van der Waals surface area (Å²) in [7, 11) is 1.67. The van der Waals surface area contributed by atoms with Crippen LogP contribution in [0.4, 0.5) is 0 Å².